The van der Waals surface area contributed by atoms with Gasteiger partial charge in [-0.1, -0.05) is 37.3 Å². The Bertz CT molecular complexity index is 319. The highest BCUT2D eigenvalue weighted by atomic mass is 15.2. The molecule has 1 aliphatic carbocycles. The van der Waals surface area contributed by atoms with Gasteiger partial charge in [-0.05, 0) is 49.5 Å². The molecule has 0 amide bonds. The summed E-state index contributed by atoms with van der Waals surface area (Å²) in [5.74, 6) is 7.32. The van der Waals surface area contributed by atoms with Crippen LogP contribution in [0.2, 0.25) is 0 Å². The number of aryl methyl sites for hydroxylation is 1. The molecule has 2 heteroatoms. The Kier molecular flexibility index (Phi) is 4.57. The lowest BCUT2D eigenvalue weighted by Gasteiger charge is -2.23. The fourth-order valence-electron chi connectivity index (χ4n) is 2.62. The fourth-order valence-corrected chi connectivity index (χ4v) is 2.62. The summed E-state index contributed by atoms with van der Waals surface area (Å²) >= 11 is 0. The van der Waals surface area contributed by atoms with Crippen molar-refractivity contribution in [2.24, 2.45) is 17.7 Å². The van der Waals surface area contributed by atoms with Crippen LogP contribution in [0.1, 0.15) is 38.2 Å². The van der Waals surface area contributed by atoms with Gasteiger partial charge in [0.05, 0.1) is 0 Å². The molecule has 1 fully saturated rings. The molecule has 2 rings (SSSR count). The van der Waals surface area contributed by atoms with Gasteiger partial charge >= 0.3 is 0 Å². The fraction of sp³-hybridized carbons (Fsp3) is 0.600. The Morgan fingerprint density at radius 3 is 2.59 bits per heavy atom. The third-order valence-electron chi connectivity index (χ3n) is 4.04. The highest BCUT2D eigenvalue weighted by Gasteiger charge is 2.32. The maximum atomic E-state index is 5.67. The molecular weight excluding hydrogens is 208 g/mol. The van der Waals surface area contributed by atoms with Crippen molar-refractivity contribution in [3.05, 3.63) is 35.9 Å². The van der Waals surface area contributed by atoms with E-state index >= 15 is 0 Å². The Morgan fingerprint density at radius 1 is 1.29 bits per heavy atom. The molecule has 1 aliphatic rings. The summed E-state index contributed by atoms with van der Waals surface area (Å²) in [6, 6.07) is 11.2. The van der Waals surface area contributed by atoms with E-state index in [2.05, 4.69) is 42.7 Å². The van der Waals surface area contributed by atoms with Gasteiger partial charge in [-0.2, -0.15) is 0 Å². The van der Waals surface area contributed by atoms with Crippen molar-refractivity contribution in [3.63, 3.8) is 0 Å². The van der Waals surface area contributed by atoms with E-state index in [1.807, 2.05) is 0 Å². The molecule has 17 heavy (non-hydrogen) atoms. The zero-order chi connectivity index (χ0) is 12.1. The van der Waals surface area contributed by atoms with Gasteiger partial charge in [0, 0.05) is 6.04 Å². The first-order chi connectivity index (χ1) is 8.31. The molecule has 0 spiro atoms. The third-order valence-corrected chi connectivity index (χ3v) is 4.04. The number of nitrogens with one attached hydrogen (secondary N) is 1. The molecule has 2 nitrogen and oxygen atoms in total. The second kappa shape index (κ2) is 6.18. The Labute approximate surface area is 105 Å². The summed E-state index contributed by atoms with van der Waals surface area (Å²) in [4.78, 5) is 0. The van der Waals surface area contributed by atoms with Crippen molar-refractivity contribution in [3.8, 4) is 0 Å². The van der Waals surface area contributed by atoms with Crippen LogP contribution in [-0.2, 0) is 6.42 Å². The monoisotopic (exact) mass is 232 g/mol. The molecule has 0 aliphatic heterocycles. The van der Waals surface area contributed by atoms with Crippen LogP contribution in [0.5, 0.6) is 0 Å². The average Bonchev–Trinajstić information content (AvgIpc) is 3.19. The van der Waals surface area contributed by atoms with E-state index in [1.165, 1.54) is 31.2 Å². The van der Waals surface area contributed by atoms with Crippen LogP contribution in [0.4, 0.5) is 0 Å². The van der Waals surface area contributed by atoms with Crippen LogP contribution >= 0.6 is 0 Å². The number of benzene rings is 1. The first-order valence-corrected chi connectivity index (χ1v) is 6.81. The first-order valence-electron chi connectivity index (χ1n) is 6.81. The normalized spacial score (nSPS) is 18.9. The lowest BCUT2D eigenvalue weighted by molar-refractivity contribution is 0.323. The predicted octanol–water partition coefficient (Wildman–Crippen LogP) is 2.89. The van der Waals surface area contributed by atoms with Crippen molar-refractivity contribution in [2.75, 3.05) is 0 Å². The van der Waals surface area contributed by atoms with Crippen molar-refractivity contribution < 1.29 is 0 Å². The van der Waals surface area contributed by atoms with Crippen LogP contribution in [0.25, 0.3) is 0 Å². The summed E-state index contributed by atoms with van der Waals surface area (Å²) in [5.41, 5.74) is 4.44. The van der Waals surface area contributed by atoms with E-state index in [0.29, 0.717) is 6.04 Å². The number of hydrogen-bond donors (Lipinski definition) is 2. The highest BCUT2D eigenvalue weighted by Crippen LogP contribution is 2.38. The van der Waals surface area contributed by atoms with Gasteiger partial charge in [0.1, 0.15) is 0 Å². The molecule has 1 aromatic carbocycles. The summed E-state index contributed by atoms with van der Waals surface area (Å²) in [6.45, 7) is 2.34. The smallest absolute Gasteiger partial charge is 0.0238 e. The SMILES string of the molecule is CC(C1CC1)C(CCCc1ccccc1)NN. The average molecular weight is 232 g/mol. The van der Waals surface area contributed by atoms with Gasteiger partial charge in [-0.25, -0.2) is 0 Å². The van der Waals surface area contributed by atoms with Gasteiger partial charge < -0.3 is 0 Å². The predicted molar refractivity (Wildman–Crippen MR) is 72.4 cm³/mol. The molecule has 0 bridgehead atoms. The Hall–Kier alpha value is -0.860. The molecule has 1 aromatic rings. The quantitative estimate of drug-likeness (QED) is 0.560. The molecule has 0 heterocycles. The minimum Gasteiger partial charge on any atom is -0.271 e. The zero-order valence-electron chi connectivity index (χ0n) is 10.7. The van der Waals surface area contributed by atoms with E-state index in [9.17, 15) is 0 Å². The number of rotatable bonds is 7. The van der Waals surface area contributed by atoms with E-state index in [0.717, 1.165) is 18.3 Å². The Morgan fingerprint density at radius 2 is 2.00 bits per heavy atom. The molecule has 2 unspecified atom stereocenters. The van der Waals surface area contributed by atoms with Gasteiger partial charge in [0.2, 0.25) is 0 Å². The third kappa shape index (κ3) is 3.83. The van der Waals surface area contributed by atoms with Crippen LogP contribution in [0.15, 0.2) is 30.3 Å². The Balaban J connectivity index is 1.72. The molecule has 0 saturated heterocycles. The molecule has 1 saturated carbocycles. The minimum absolute atomic E-state index is 0.492. The first kappa shape index (κ1) is 12.6. The van der Waals surface area contributed by atoms with E-state index in [1.54, 1.807) is 0 Å². The van der Waals surface area contributed by atoms with E-state index in [-0.39, 0.29) is 0 Å². The van der Waals surface area contributed by atoms with Crippen LogP contribution < -0.4 is 11.3 Å². The zero-order valence-corrected chi connectivity index (χ0v) is 10.7. The topological polar surface area (TPSA) is 38.0 Å². The summed E-state index contributed by atoms with van der Waals surface area (Å²) in [6.07, 6.45) is 6.37. The number of hydrogen-bond acceptors (Lipinski definition) is 2. The second-order valence-electron chi connectivity index (χ2n) is 5.35. The van der Waals surface area contributed by atoms with Gasteiger partial charge in [-0.3, -0.25) is 11.3 Å². The van der Waals surface area contributed by atoms with Gasteiger partial charge in [0.25, 0.3) is 0 Å². The highest BCUT2D eigenvalue weighted by molar-refractivity contribution is 5.14. The summed E-state index contributed by atoms with van der Waals surface area (Å²) in [5, 5.41) is 0. The lowest BCUT2D eigenvalue weighted by atomic mass is 9.92. The van der Waals surface area contributed by atoms with Crippen LogP contribution in [-0.4, -0.2) is 6.04 Å². The standard InChI is InChI=1S/C15H24N2/c1-12(14-10-11-14)15(17-16)9-5-8-13-6-3-2-4-7-13/h2-4,6-7,12,14-15,17H,5,8-11,16H2,1H3. The van der Waals surface area contributed by atoms with E-state index < -0.39 is 0 Å². The minimum atomic E-state index is 0.492. The molecule has 3 N–H and O–H groups in total. The second-order valence-corrected chi connectivity index (χ2v) is 5.35. The van der Waals surface area contributed by atoms with Crippen molar-refractivity contribution in [1.29, 1.82) is 0 Å². The summed E-state index contributed by atoms with van der Waals surface area (Å²) in [7, 11) is 0. The molecule has 0 aromatic heterocycles. The van der Waals surface area contributed by atoms with Crippen LogP contribution in [0.3, 0.4) is 0 Å². The number of hydrazine groups is 1. The van der Waals surface area contributed by atoms with Crippen molar-refractivity contribution in [2.45, 2.75) is 45.1 Å². The van der Waals surface area contributed by atoms with Gasteiger partial charge in [0.15, 0.2) is 0 Å². The molecule has 0 radical (unpaired) electrons. The summed E-state index contributed by atoms with van der Waals surface area (Å²) < 4.78 is 0. The van der Waals surface area contributed by atoms with Crippen molar-refractivity contribution >= 4 is 0 Å². The molecule has 94 valence electrons. The largest absolute Gasteiger partial charge is 0.271 e. The van der Waals surface area contributed by atoms with Gasteiger partial charge in [-0.15, -0.1) is 0 Å². The lowest BCUT2D eigenvalue weighted by Crippen LogP contribution is -2.40. The van der Waals surface area contributed by atoms with Crippen LogP contribution in [0, 0.1) is 11.8 Å². The maximum Gasteiger partial charge on any atom is 0.0238 e. The van der Waals surface area contributed by atoms with E-state index in [4.69, 9.17) is 5.84 Å². The molecule has 2 atom stereocenters. The van der Waals surface area contributed by atoms with Crippen molar-refractivity contribution in [1.82, 2.24) is 5.43 Å². The molecular formula is C15H24N2. The number of nitrogens with two attached hydrogens (primary N) is 1. The maximum absolute atomic E-state index is 5.67.